The fourth-order valence-corrected chi connectivity index (χ4v) is 6.14. The number of aliphatic hydroxyl groups is 2. The lowest BCUT2D eigenvalue weighted by Gasteiger charge is -2.24. The van der Waals surface area contributed by atoms with Crippen molar-refractivity contribution in [3.63, 3.8) is 0 Å². The Labute approximate surface area is 257 Å². The van der Waals surface area contributed by atoms with Gasteiger partial charge >= 0.3 is 6.09 Å². The number of carbonyl (C=O) groups is 2. The number of aliphatic hydroxyl groups excluding tert-OH is 2. The molecular weight excluding hydrogens is 586 g/mol. The van der Waals surface area contributed by atoms with Gasteiger partial charge in [0.25, 0.3) is 5.91 Å². The molecule has 44 heavy (non-hydrogen) atoms. The van der Waals surface area contributed by atoms with Crippen LogP contribution in [0.4, 0.5) is 4.79 Å². The summed E-state index contributed by atoms with van der Waals surface area (Å²) in [6.07, 6.45) is 6.22. The van der Waals surface area contributed by atoms with E-state index in [4.69, 9.17) is 9.84 Å². The molecule has 1 atom stereocenters. The van der Waals surface area contributed by atoms with Crippen molar-refractivity contribution in [2.24, 2.45) is 0 Å². The summed E-state index contributed by atoms with van der Waals surface area (Å²) in [5.74, 6) is -0.849. The summed E-state index contributed by atoms with van der Waals surface area (Å²) in [6, 6.07) is 16.0. The normalized spacial score (nSPS) is 14.5. The molecule has 1 fully saturated rings. The van der Waals surface area contributed by atoms with Gasteiger partial charge in [-0.15, -0.1) is 0 Å². The molecular formula is C32H39N3O8S. The molecule has 0 aliphatic heterocycles. The number of benzene rings is 2. The van der Waals surface area contributed by atoms with E-state index >= 15 is 0 Å². The average molecular weight is 626 g/mol. The number of amides is 2. The largest absolute Gasteiger partial charge is 0.490 e. The first-order valence-corrected chi connectivity index (χ1v) is 16.4. The number of rotatable bonds is 14. The molecule has 11 nitrogen and oxygen atoms in total. The number of ether oxygens (including phenoxy) is 1. The number of nitrogens with one attached hydrogen (secondary N) is 1. The highest BCUT2D eigenvalue weighted by atomic mass is 32.2. The molecule has 4 rings (SSSR count). The van der Waals surface area contributed by atoms with E-state index in [1.807, 2.05) is 24.3 Å². The lowest BCUT2D eigenvalue weighted by molar-refractivity contribution is 0.0966. The predicted molar refractivity (Wildman–Crippen MR) is 165 cm³/mol. The molecule has 2 amide bonds. The summed E-state index contributed by atoms with van der Waals surface area (Å²) in [5, 5.41) is 29.1. The van der Waals surface area contributed by atoms with Gasteiger partial charge in [-0.1, -0.05) is 42.8 Å². The lowest BCUT2D eigenvalue weighted by Crippen LogP contribution is -2.35. The maximum absolute atomic E-state index is 13.0. The van der Waals surface area contributed by atoms with Gasteiger partial charge in [0.05, 0.1) is 30.1 Å². The number of carboxylic acid groups (broad SMARTS) is 1. The van der Waals surface area contributed by atoms with E-state index in [9.17, 15) is 28.2 Å². The summed E-state index contributed by atoms with van der Waals surface area (Å²) in [5.41, 5.74) is 3.17. The molecule has 3 aromatic rings. The zero-order chi connectivity index (χ0) is 31.5. The maximum atomic E-state index is 13.0. The van der Waals surface area contributed by atoms with Crippen LogP contribution in [0, 0.1) is 0 Å². The standard InChI is InChI=1S/C32H39N3O8S/c36-18-5-19-44(41,42)34-31(38)28-14-13-25(20-30(28)43-27-7-2-1-3-8-27)24-11-9-23(10-12-24)15-17-35(32(39)40)22-29(37)26-6-4-16-33-21-26/h4,6,9-14,16,20-21,27,29,36-37H,1-3,5,7-8,15,17-19,22H2,(H,34,38)(H,39,40)/t29-/m0/s1. The first kappa shape index (κ1) is 32.9. The van der Waals surface area contributed by atoms with Crippen LogP contribution < -0.4 is 9.46 Å². The second-order valence-electron chi connectivity index (χ2n) is 10.9. The third-order valence-electron chi connectivity index (χ3n) is 7.58. The third-order valence-corrected chi connectivity index (χ3v) is 8.90. The fourth-order valence-electron chi connectivity index (χ4n) is 5.13. The van der Waals surface area contributed by atoms with Crippen molar-refractivity contribution < 1.29 is 38.1 Å². The number of hydrogen-bond donors (Lipinski definition) is 4. The number of aromatic nitrogens is 1. The van der Waals surface area contributed by atoms with Gasteiger partial charge < -0.3 is 25.0 Å². The van der Waals surface area contributed by atoms with Gasteiger partial charge in [-0.2, -0.15) is 0 Å². The maximum Gasteiger partial charge on any atom is 0.407 e. The van der Waals surface area contributed by atoms with Crippen LogP contribution in [0.25, 0.3) is 11.1 Å². The Kier molecular flexibility index (Phi) is 11.7. The van der Waals surface area contributed by atoms with Crippen LogP contribution in [-0.4, -0.2) is 77.2 Å². The van der Waals surface area contributed by atoms with Crippen LogP contribution in [-0.2, 0) is 16.4 Å². The van der Waals surface area contributed by atoms with Gasteiger partial charge in [0.2, 0.25) is 10.0 Å². The molecule has 236 valence electrons. The number of hydrogen-bond acceptors (Lipinski definition) is 8. The molecule has 0 radical (unpaired) electrons. The zero-order valence-corrected chi connectivity index (χ0v) is 25.3. The Morgan fingerprint density at radius 3 is 2.43 bits per heavy atom. The van der Waals surface area contributed by atoms with E-state index < -0.39 is 28.1 Å². The van der Waals surface area contributed by atoms with Gasteiger partial charge in [0.15, 0.2) is 0 Å². The van der Waals surface area contributed by atoms with Crippen molar-refractivity contribution in [2.75, 3.05) is 25.4 Å². The third kappa shape index (κ3) is 9.50. The molecule has 1 aliphatic carbocycles. The number of sulfonamides is 1. The number of carbonyl (C=O) groups excluding carboxylic acids is 1. The van der Waals surface area contributed by atoms with Gasteiger partial charge in [0, 0.05) is 31.1 Å². The minimum Gasteiger partial charge on any atom is -0.490 e. The van der Waals surface area contributed by atoms with E-state index in [1.54, 1.807) is 36.5 Å². The molecule has 1 saturated carbocycles. The van der Waals surface area contributed by atoms with E-state index in [1.165, 1.54) is 11.1 Å². The predicted octanol–water partition coefficient (Wildman–Crippen LogP) is 4.16. The summed E-state index contributed by atoms with van der Waals surface area (Å²) >= 11 is 0. The molecule has 12 heteroatoms. The molecule has 1 aromatic heterocycles. The first-order valence-electron chi connectivity index (χ1n) is 14.8. The second-order valence-corrected chi connectivity index (χ2v) is 12.7. The summed E-state index contributed by atoms with van der Waals surface area (Å²) in [4.78, 5) is 30.0. The Bertz CT molecular complexity index is 1490. The Hall–Kier alpha value is -4.00. The molecule has 1 aliphatic rings. The van der Waals surface area contributed by atoms with Crippen molar-refractivity contribution in [3.8, 4) is 16.9 Å². The van der Waals surface area contributed by atoms with Crippen LogP contribution in [0.3, 0.4) is 0 Å². The smallest absolute Gasteiger partial charge is 0.407 e. The number of nitrogens with zero attached hydrogens (tertiary/aromatic N) is 2. The van der Waals surface area contributed by atoms with Crippen molar-refractivity contribution in [1.82, 2.24) is 14.6 Å². The molecule has 0 saturated heterocycles. The van der Waals surface area contributed by atoms with Gasteiger partial charge in [0.1, 0.15) is 5.75 Å². The minimum absolute atomic E-state index is 0.0185. The Morgan fingerprint density at radius 2 is 1.77 bits per heavy atom. The molecule has 1 heterocycles. The van der Waals surface area contributed by atoms with Crippen LogP contribution in [0.1, 0.15) is 66.1 Å². The van der Waals surface area contributed by atoms with Crippen LogP contribution in [0.2, 0.25) is 0 Å². The SMILES string of the molecule is O=C(NS(=O)(=O)CCCO)c1ccc(-c2ccc(CCN(C[C@H](O)c3cccnc3)C(=O)O)cc2)cc1OC1CCCCC1. The lowest BCUT2D eigenvalue weighted by atomic mass is 9.97. The van der Waals surface area contributed by atoms with E-state index in [-0.39, 0.29) is 43.5 Å². The second kappa shape index (κ2) is 15.6. The topological polar surface area (TPSA) is 166 Å². The summed E-state index contributed by atoms with van der Waals surface area (Å²) < 4.78 is 33.0. The van der Waals surface area contributed by atoms with Crippen LogP contribution in [0.15, 0.2) is 67.0 Å². The molecule has 2 aromatic carbocycles. The number of pyridine rings is 1. The van der Waals surface area contributed by atoms with Crippen LogP contribution >= 0.6 is 0 Å². The average Bonchev–Trinajstić information content (AvgIpc) is 3.02. The van der Waals surface area contributed by atoms with E-state index in [0.29, 0.717) is 17.7 Å². The van der Waals surface area contributed by atoms with Gasteiger partial charge in [-0.25, -0.2) is 17.9 Å². The first-order chi connectivity index (χ1) is 21.1. The Morgan fingerprint density at radius 1 is 1.05 bits per heavy atom. The molecule has 0 unspecified atom stereocenters. The fraction of sp³-hybridized carbons (Fsp3) is 0.406. The van der Waals surface area contributed by atoms with Crippen LogP contribution in [0.5, 0.6) is 5.75 Å². The van der Waals surface area contributed by atoms with E-state index in [0.717, 1.165) is 48.8 Å². The highest BCUT2D eigenvalue weighted by molar-refractivity contribution is 7.90. The quantitative estimate of drug-likeness (QED) is 0.206. The van der Waals surface area contributed by atoms with Crippen molar-refractivity contribution in [1.29, 1.82) is 0 Å². The molecule has 4 N–H and O–H groups in total. The molecule has 0 bridgehead atoms. The summed E-state index contributed by atoms with van der Waals surface area (Å²) in [7, 11) is -3.92. The highest BCUT2D eigenvalue weighted by Crippen LogP contribution is 2.31. The van der Waals surface area contributed by atoms with Crippen molar-refractivity contribution in [3.05, 3.63) is 83.7 Å². The Balaban J connectivity index is 1.47. The minimum atomic E-state index is -3.92. The monoisotopic (exact) mass is 625 g/mol. The summed E-state index contributed by atoms with van der Waals surface area (Å²) in [6.45, 7) is -0.187. The van der Waals surface area contributed by atoms with Gasteiger partial charge in [-0.3, -0.25) is 9.78 Å². The zero-order valence-electron chi connectivity index (χ0n) is 24.5. The van der Waals surface area contributed by atoms with Crippen molar-refractivity contribution >= 4 is 22.0 Å². The highest BCUT2D eigenvalue weighted by Gasteiger charge is 2.23. The van der Waals surface area contributed by atoms with E-state index in [2.05, 4.69) is 9.71 Å². The van der Waals surface area contributed by atoms with Gasteiger partial charge in [-0.05, 0) is 73.4 Å². The van der Waals surface area contributed by atoms with Crippen molar-refractivity contribution in [2.45, 2.75) is 57.2 Å². The molecule has 0 spiro atoms.